The highest BCUT2D eigenvalue weighted by molar-refractivity contribution is 5.95. The van der Waals surface area contributed by atoms with Gasteiger partial charge in [0.1, 0.15) is 0 Å². The zero-order valence-corrected chi connectivity index (χ0v) is 43.2. The number of benzene rings is 8. The van der Waals surface area contributed by atoms with Gasteiger partial charge in [0.2, 0.25) is 0 Å². The number of aliphatic imine (C=N–C) groups is 2. The van der Waals surface area contributed by atoms with E-state index in [1.54, 1.807) is 0 Å². The highest BCUT2D eigenvalue weighted by Crippen LogP contribution is 2.45. The molecule has 8 aromatic rings. The molecule has 0 aliphatic carbocycles. The molecule has 4 heteroatoms. The first-order valence-electron chi connectivity index (χ1n) is 25.2. The molecule has 0 aromatic heterocycles. The number of hydrogen-bond donors (Lipinski definition) is 2. The zero-order chi connectivity index (χ0) is 49.4. The number of anilines is 4. The van der Waals surface area contributed by atoms with Crippen LogP contribution in [0.3, 0.4) is 0 Å². The van der Waals surface area contributed by atoms with Crippen molar-refractivity contribution in [3.8, 4) is 44.5 Å². The van der Waals surface area contributed by atoms with Gasteiger partial charge in [-0.15, -0.1) is 0 Å². The lowest BCUT2D eigenvalue weighted by molar-refractivity contribution is 0.835. The number of nitrogens with zero attached hydrogens (tertiary/aromatic N) is 2. The maximum Gasteiger partial charge on any atom is 0.0699 e. The van der Waals surface area contributed by atoms with Crippen LogP contribution in [-0.2, 0) is 0 Å². The van der Waals surface area contributed by atoms with Crippen molar-refractivity contribution < 1.29 is 0 Å². The summed E-state index contributed by atoms with van der Waals surface area (Å²) < 4.78 is 0. The second-order valence-corrected chi connectivity index (χ2v) is 20.6. The Morgan fingerprint density at radius 2 is 0.586 bits per heavy atom. The minimum absolute atomic E-state index is 0.248. The smallest absolute Gasteiger partial charge is 0.0699 e. The van der Waals surface area contributed by atoms with E-state index in [-0.39, 0.29) is 23.7 Å². The van der Waals surface area contributed by atoms with Crippen molar-refractivity contribution in [3.05, 3.63) is 201 Å². The Morgan fingerprint density at radius 1 is 0.329 bits per heavy atom. The Morgan fingerprint density at radius 3 is 0.871 bits per heavy atom. The number of para-hydroxylation sites is 2. The summed E-state index contributed by atoms with van der Waals surface area (Å²) in [5.74, 6) is 0.992. The van der Waals surface area contributed by atoms with Crippen LogP contribution in [0.1, 0.15) is 135 Å². The summed E-state index contributed by atoms with van der Waals surface area (Å²) >= 11 is 0. The summed E-state index contributed by atoms with van der Waals surface area (Å²) in [5.41, 5.74) is 27.8. The predicted octanol–water partition coefficient (Wildman–Crippen LogP) is 19.4. The summed E-state index contributed by atoms with van der Waals surface area (Å²) in [6.07, 6.45) is 4.12. The molecular formula is C66H68N4. The van der Waals surface area contributed by atoms with Crippen molar-refractivity contribution in [2.24, 2.45) is 9.98 Å². The van der Waals surface area contributed by atoms with Crippen LogP contribution < -0.4 is 10.6 Å². The molecule has 10 heterocycles. The van der Waals surface area contributed by atoms with Gasteiger partial charge in [0.15, 0.2) is 0 Å². The van der Waals surface area contributed by atoms with Gasteiger partial charge in [-0.3, -0.25) is 9.98 Å². The standard InChI is InChI=1S/C66H68N4/c1-39(2)57-33-51-34-58(40(3)4)65(57)67-37-47-21-13-19-27-61(47)69-63-43(9)29-49(30-44(63)10)53-23-15-16-24-54(53)50-31-45(11)64(46(12)32-50)70-62-28-20-14-22-48(62)38-68-66-59(41(5)6)35-52(36-60(66)42(7)8)56-26-18-17-25-55(51)56/h13-42,69-70H,1-12H3. The summed E-state index contributed by atoms with van der Waals surface area (Å²) in [5, 5.41) is 7.73. The molecule has 0 spiro atoms. The first-order chi connectivity index (χ1) is 33.7. The van der Waals surface area contributed by atoms with Crippen LogP contribution >= 0.6 is 0 Å². The number of hydrogen-bond acceptors (Lipinski definition) is 4. The van der Waals surface area contributed by atoms with Crippen LogP contribution in [-0.4, -0.2) is 12.4 Å². The normalized spacial score (nSPS) is 12.3. The fraction of sp³-hybridized carbons (Fsp3) is 0.242. The van der Waals surface area contributed by atoms with Gasteiger partial charge in [0.05, 0.1) is 11.4 Å². The molecule has 352 valence electrons. The lowest BCUT2D eigenvalue weighted by atomic mass is 9.84. The van der Waals surface area contributed by atoms with E-state index in [4.69, 9.17) is 9.98 Å². The third-order valence-corrected chi connectivity index (χ3v) is 14.1. The first-order valence-corrected chi connectivity index (χ1v) is 25.2. The van der Waals surface area contributed by atoms with Crippen LogP contribution in [0.4, 0.5) is 34.1 Å². The van der Waals surface area contributed by atoms with Gasteiger partial charge in [-0.1, -0.05) is 140 Å². The second kappa shape index (κ2) is 20.0. The van der Waals surface area contributed by atoms with Crippen LogP contribution in [0.5, 0.6) is 0 Å². The van der Waals surface area contributed by atoms with Crippen molar-refractivity contribution in [1.29, 1.82) is 0 Å². The summed E-state index contributed by atoms with van der Waals surface area (Å²) in [6.45, 7) is 27.2. The molecule has 0 saturated carbocycles. The fourth-order valence-electron chi connectivity index (χ4n) is 10.3. The summed E-state index contributed by atoms with van der Waals surface area (Å²) in [6, 6.07) is 53.7. The van der Waals surface area contributed by atoms with Gasteiger partial charge in [-0.25, -0.2) is 0 Å². The monoisotopic (exact) mass is 917 g/mol. The lowest BCUT2D eigenvalue weighted by Crippen LogP contribution is -2.02. The Kier molecular flexibility index (Phi) is 13.6. The van der Waals surface area contributed by atoms with E-state index in [1.807, 2.05) is 0 Å². The highest BCUT2D eigenvalue weighted by atomic mass is 14.9. The highest BCUT2D eigenvalue weighted by Gasteiger charge is 2.22. The van der Waals surface area contributed by atoms with Gasteiger partial charge in [-0.05, 0) is 201 Å². The maximum atomic E-state index is 5.42. The first kappa shape index (κ1) is 47.8. The van der Waals surface area contributed by atoms with E-state index in [9.17, 15) is 0 Å². The Labute approximate surface area is 417 Å². The minimum Gasteiger partial charge on any atom is -0.355 e. The molecule has 0 radical (unpaired) electrons. The number of rotatable bonds is 4. The van der Waals surface area contributed by atoms with Crippen molar-refractivity contribution in [2.45, 2.75) is 107 Å². The zero-order valence-electron chi connectivity index (χ0n) is 43.2. The van der Waals surface area contributed by atoms with Crippen molar-refractivity contribution in [3.63, 3.8) is 0 Å². The molecule has 0 fully saturated rings. The molecule has 10 aliphatic heterocycles. The molecule has 18 rings (SSSR count). The molecule has 8 aromatic carbocycles. The van der Waals surface area contributed by atoms with E-state index in [0.717, 1.165) is 45.3 Å². The Balaban J connectivity index is 1.27. The van der Waals surface area contributed by atoms with Gasteiger partial charge in [0.25, 0.3) is 0 Å². The average Bonchev–Trinajstić information content (AvgIpc) is 3.34. The molecule has 0 unspecified atom stereocenters. The SMILES string of the molecule is Cc1cc2cc(C)c1Nc1ccccc1C=Nc1c(C(C)C)cc(cc1C(C)C)-c1ccccc1-c1cc(C(C)C)c(c(C(C)C)c1)N=Cc1ccccc1Nc1c(C)cc(cc1C)-c1ccccc1-2. The summed E-state index contributed by atoms with van der Waals surface area (Å²) in [7, 11) is 0. The van der Waals surface area contributed by atoms with Crippen LogP contribution in [0.25, 0.3) is 44.5 Å². The molecule has 0 amide bonds. The van der Waals surface area contributed by atoms with E-state index in [0.29, 0.717) is 0 Å². The average molecular weight is 917 g/mol. The second-order valence-electron chi connectivity index (χ2n) is 20.6. The topological polar surface area (TPSA) is 48.8 Å². The quantitative estimate of drug-likeness (QED) is 0.185. The van der Waals surface area contributed by atoms with Crippen LogP contribution in [0.15, 0.2) is 156 Å². The van der Waals surface area contributed by atoms with E-state index < -0.39 is 0 Å². The largest absolute Gasteiger partial charge is 0.355 e. The van der Waals surface area contributed by atoms with E-state index in [1.165, 1.54) is 89.0 Å². The minimum atomic E-state index is 0.248. The van der Waals surface area contributed by atoms with E-state index in [2.05, 4.69) is 252 Å². The molecule has 10 aliphatic rings. The van der Waals surface area contributed by atoms with Gasteiger partial charge in [0, 0.05) is 46.3 Å². The van der Waals surface area contributed by atoms with E-state index >= 15 is 0 Å². The molecule has 4 nitrogen and oxygen atoms in total. The van der Waals surface area contributed by atoms with Crippen LogP contribution in [0.2, 0.25) is 0 Å². The molecular weight excluding hydrogens is 849 g/mol. The third kappa shape index (κ3) is 9.53. The van der Waals surface area contributed by atoms with Crippen LogP contribution in [0, 0.1) is 27.7 Å². The maximum absolute atomic E-state index is 5.42. The predicted molar refractivity (Wildman–Crippen MR) is 304 cm³/mol. The van der Waals surface area contributed by atoms with Crippen molar-refractivity contribution in [1.82, 2.24) is 0 Å². The Hall–Kier alpha value is -7.30. The molecule has 0 saturated heterocycles. The van der Waals surface area contributed by atoms with Gasteiger partial charge < -0.3 is 10.6 Å². The number of nitrogens with one attached hydrogen (secondary N) is 2. The molecule has 8 bridgehead atoms. The molecule has 0 atom stereocenters. The molecule has 70 heavy (non-hydrogen) atoms. The van der Waals surface area contributed by atoms with Gasteiger partial charge >= 0.3 is 0 Å². The Bertz CT molecular complexity index is 3000. The van der Waals surface area contributed by atoms with Crippen molar-refractivity contribution >= 4 is 46.6 Å². The molecule has 2 N–H and O–H groups in total. The van der Waals surface area contributed by atoms with Gasteiger partial charge in [-0.2, -0.15) is 0 Å². The lowest BCUT2D eigenvalue weighted by Gasteiger charge is -2.22. The van der Waals surface area contributed by atoms with Crippen molar-refractivity contribution in [2.75, 3.05) is 10.6 Å². The summed E-state index contributed by atoms with van der Waals surface area (Å²) in [4.78, 5) is 10.8. The third-order valence-electron chi connectivity index (χ3n) is 14.1. The number of aryl methyl sites for hydroxylation is 4. The fourth-order valence-corrected chi connectivity index (χ4v) is 10.3.